The van der Waals surface area contributed by atoms with Crippen LogP contribution in [-0.4, -0.2) is 31.6 Å². The van der Waals surface area contributed by atoms with Crippen LogP contribution in [0.5, 0.6) is 5.75 Å². The lowest BCUT2D eigenvalue weighted by atomic mass is 10.1. The Morgan fingerprint density at radius 1 is 1.08 bits per heavy atom. The van der Waals surface area contributed by atoms with E-state index in [1.807, 2.05) is 6.07 Å². The van der Waals surface area contributed by atoms with E-state index in [1.54, 1.807) is 42.5 Å². The lowest BCUT2D eigenvalue weighted by Crippen LogP contribution is -2.31. The molecule has 0 heterocycles. The van der Waals surface area contributed by atoms with Crippen molar-refractivity contribution in [2.24, 2.45) is 0 Å². The minimum Gasteiger partial charge on any atom is -0.482 e. The van der Waals surface area contributed by atoms with Gasteiger partial charge in [-0.3, -0.25) is 4.79 Å². The van der Waals surface area contributed by atoms with E-state index in [0.29, 0.717) is 23.3 Å². The quantitative estimate of drug-likeness (QED) is 0.731. The van der Waals surface area contributed by atoms with Crippen molar-refractivity contribution >= 4 is 11.9 Å². The highest BCUT2D eigenvalue weighted by Gasteiger charge is 2.09. The molecular weight excluding hydrogens is 339 g/mol. The highest BCUT2D eigenvalue weighted by molar-refractivity contribution is 5.80. The zero-order valence-electron chi connectivity index (χ0n) is 13.9. The van der Waals surface area contributed by atoms with Gasteiger partial charge in [0.2, 0.25) is 0 Å². The SMILES string of the molecule is N#Cc1ccc(OCC(=O)OCC(=O)NCCc2ccccc2F)cc1. The molecule has 0 bridgehead atoms. The second kappa shape index (κ2) is 9.79. The monoisotopic (exact) mass is 356 g/mol. The van der Waals surface area contributed by atoms with Crippen molar-refractivity contribution in [1.82, 2.24) is 5.32 Å². The maximum atomic E-state index is 13.4. The van der Waals surface area contributed by atoms with E-state index in [0.717, 1.165) is 0 Å². The molecule has 0 fully saturated rings. The number of nitrogens with zero attached hydrogens (tertiary/aromatic N) is 1. The molecule has 0 aliphatic carbocycles. The van der Waals surface area contributed by atoms with Crippen LogP contribution in [0.2, 0.25) is 0 Å². The summed E-state index contributed by atoms with van der Waals surface area (Å²) in [4.78, 5) is 23.2. The molecule has 0 saturated carbocycles. The zero-order chi connectivity index (χ0) is 18.8. The molecule has 2 rings (SSSR count). The average Bonchev–Trinajstić information content (AvgIpc) is 2.66. The Morgan fingerprint density at radius 3 is 2.50 bits per heavy atom. The highest BCUT2D eigenvalue weighted by Crippen LogP contribution is 2.11. The normalized spacial score (nSPS) is 9.85. The number of esters is 1. The smallest absolute Gasteiger partial charge is 0.344 e. The molecule has 6 nitrogen and oxygen atoms in total. The van der Waals surface area contributed by atoms with Crippen molar-refractivity contribution in [3.63, 3.8) is 0 Å². The number of nitriles is 1. The molecule has 0 atom stereocenters. The Labute approximate surface area is 150 Å². The van der Waals surface area contributed by atoms with Gasteiger partial charge in [0.1, 0.15) is 11.6 Å². The summed E-state index contributed by atoms with van der Waals surface area (Å²) < 4.78 is 23.4. The first-order chi connectivity index (χ1) is 12.6. The summed E-state index contributed by atoms with van der Waals surface area (Å²) in [6.45, 7) is -0.555. The molecule has 2 aromatic carbocycles. The lowest BCUT2D eigenvalue weighted by Gasteiger charge is -2.08. The molecular formula is C19H17FN2O4. The predicted octanol–water partition coefficient (Wildman–Crippen LogP) is 1.98. The van der Waals surface area contributed by atoms with Crippen molar-refractivity contribution in [3.05, 3.63) is 65.5 Å². The topological polar surface area (TPSA) is 88.4 Å². The summed E-state index contributed by atoms with van der Waals surface area (Å²) in [7, 11) is 0. The van der Waals surface area contributed by atoms with Gasteiger partial charge in [0.15, 0.2) is 13.2 Å². The van der Waals surface area contributed by atoms with Gasteiger partial charge in [-0.25, -0.2) is 9.18 Å². The fourth-order valence-electron chi connectivity index (χ4n) is 2.04. The van der Waals surface area contributed by atoms with E-state index in [1.165, 1.54) is 6.07 Å². The largest absolute Gasteiger partial charge is 0.482 e. The second-order valence-electron chi connectivity index (χ2n) is 5.28. The fraction of sp³-hybridized carbons (Fsp3) is 0.211. The fourth-order valence-corrected chi connectivity index (χ4v) is 2.04. The molecule has 2 aromatic rings. The number of amides is 1. The van der Waals surface area contributed by atoms with Crippen LogP contribution < -0.4 is 10.1 Å². The first-order valence-electron chi connectivity index (χ1n) is 7.87. The Hall–Kier alpha value is -3.40. The van der Waals surface area contributed by atoms with Gasteiger partial charge in [0.25, 0.3) is 5.91 Å². The molecule has 0 aliphatic heterocycles. The van der Waals surface area contributed by atoms with Gasteiger partial charge >= 0.3 is 5.97 Å². The van der Waals surface area contributed by atoms with E-state index >= 15 is 0 Å². The van der Waals surface area contributed by atoms with Crippen LogP contribution in [0.3, 0.4) is 0 Å². The standard InChI is InChI=1S/C19H17FN2O4/c20-17-4-2-1-3-15(17)9-10-22-18(23)12-26-19(24)13-25-16-7-5-14(11-21)6-8-16/h1-8H,9-10,12-13H2,(H,22,23). The number of ether oxygens (including phenoxy) is 2. The molecule has 26 heavy (non-hydrogen) atoms. The Bertz CT molecular complexity index is 800. The van der Waals surface area contributed by atoms with Crippen molar-refractivity contribution in [2.45, 2.75) is 6.42 Å². The number of carbonyl (C=O) groups excluding carboxylic acids is 2. The second-order valence-corrected chi connectivity index (χ2v) is 5.28. The molecule has 0 radical (unpaired) electrons. The molecule has 7 heteroatoms. The number of carbonyl (C=O) groups is 2. The van der Waals surface area contributed by atoms with Crippen molar-refractivity contribution in [3.8, 4) is 11.8 Å². The molecule has 0 aliphatic rings. The van der Waals surface area contributed by atoms with E-state index < -0.39 is 18.5 Å². The number of nitrogens with one attached hydrogen (secondary N) is 1. The Balaban J connectivity index is 1.62. The molecule has 1 N–H and O–H groups in total. The summed E-state index contributed by atoms with van der Waals surface area (Å²) in [6.07, 6.45) is 0.341. The maximum absolute atomic E-state index is 13.4. The van der Waals surface area contributed by atoms with Crippen LogP contribution in [0.4, 0.5) is 4.39 Å². The van der Waals surface area contributed by atoms with Gasteiger partial charge in [0, 0.05) is 6.54 Å². The van der Waals surface area contributed by atoms with Gasteiger partial charge in [-0.05, 0) is 42.3 Å². The first kappa shape index (κ1) is 18.9. The number of hydrogen-bond donors (Lipinski definition) is 1. The van der Waals surface area contributed by atoms with Crippen molar-refractivity contribution < 1.29 is 23.5 Å². The molecule has 0 unspecified atom stereocenters. The number of halogens is 1. The van der Waals surface area contributed by atoms with Gasteiger partial charge in [-0.15, -0.1) is 0 Å². The number of benzene rings is 2. The third kappa shape index (κ3) is 6.24. The summed E-state index contributed by atoms with van der Waals surface area (Å²) >= 11 is 0. The summed E-state index contributed by atoms with van der Waals surface area (Å²) in [5, 5.41) is 11.2. The molecule has 134 valence electrons. The highest BCUT2D eigenvalue weighted by atomic mass is 19.1. The minimum absolute atomic E-state index is 0.235. The molecule has 0 spiro atoms. The van der Waals surface area contributed by atoms with Gasteiger partial charge in [0.05, 0.1) is 11.6 Å². The average molecular weight is 356 g/mol. The molecule has 1 amide bonds. The van der Waals surface area contributed by atoms with Crippen LogP contribution in [0.1, 0.15) is 11.1 Å². The van der Waals surface area contributed by atoms with Crippen LogP contribution in [0, 0.1) is 17.1 Å². The zero-order valence-corrected chi connectivity index (χ0v) is 13.9. The van der Waals surface area contributed by atoms with Crippen LogP contribution in [-0.2, 0) is 20.7 Å². The lowest BCUT2D eigenvalue weighted by molar-refractivity contribution is -0.150. The summed E-state index contributed by atoms with van der Waals surface area (Å²) in [5.41, 5.74) is 0.979. The van der Waals surface area contributed by atoms with Crippen LogP contribution in [0.25, 0.3) is 0 Å². The third-order valence-corrected chi connectivity index (χ3v) is 3.38. The number of hydrogen-bond acceptors (Lipinski definition) is 5. The Morgan fingerprint density at radius 2 is 1.81 bits per heavy atom. The predicted molar refractivity (Wildman–Crippen MR) is 90.7 cm³/mol. The van der Waals surface area contributed by atoms with Crippen LogP contribution in [0.15, 0.2) is 48.5 Å². The first-order valence-corrected chi connectivity index (χ1v) is 7.87. The van der Waals surface area contributed by atoms with Crippen LogP contribution >= 0.6 is 0 Å². The molecule has 0 aromatic heterocycles. The van der Waals surface area contributed by atoms with Gasteiger partial charge in [-0.2, -0.15) is 5.26 Å². The van der Waals surface area contributed by atoms with E-state index in [9.17, 15) is 14.0 Å². The van der Waals surface area contributed by atoms with Crippen molar-refractivity contribution in [2.75, 3.05) is 19.8 Å². The summed E-state index contributed by atoms with van der Waals surface area (Å²) in [5.74, 6) is -1.09. The third-order valence-electron chi connectivity index (χ3n) is 3.38. The number of rotatable bonds is 8. The summed E-state index contributed by atoms with van der Waals surface area (Å²) in [6, 6.07) is 14.5. The van der Waals surface area contributed by atoms with E-state index in [-0.39, 0.29) is 19.0 Å². The molecule has 0 saturated heterocycles. The van der Waals surface area contributed by atoms with Gasteiger partial charge in [-0.1, -0.05) is 18.2 Å². The minimum atomic E-state index is -0.696. The Kier molecular flexibility index (Phi) is 7.13. The maximum Gasteiger partial charge on any atom is 0.344 e. The van der Waals surface area contributed by atoms with E-state index in [4.69, 9.17) is 14.7 Å². The van der Waals surface area contributed by atoms with Gasteiger partial charge < -0.3 is 14.8 Å². The van der Waals surface area contributed by atoms with E-state index in [2.05, 4.69) is 5.32 Å². The van der Waals surface area contributed by atoms with Crippen molar-refractivity contribution in [1.29, 1.82) is 5.26 Å².